The third-order valence-corrected chi connectivity index (χ3v) is 5.51. The summed E-state index contributed by atoms with van der Waals surface area (Å²) in [6.07, 6.45) is 9.31. The van der Waals surface area contributed by atoms with Gasteiger partial charge in [0.05, 0.1) is 0 Å². The molecule has 1 saturated carbocycles. The van der Waals surface area contributed by atoms with Crippen molar-refractivity contribution in [2.24, 2.45) is 5.92 Å². The fourth-order valence-corrected chi connectivity index (χ4v) is 3.64. The van der Waals surface area contributed by atoms with Crippen LogP contribution < -0.4 is 15.5 Å². The van der Waals surface area contributed by atoms with Gasteiger partial charge in [-0.05, 0) is 55.4 Å². The van der Waals surface area contributed by atoms with Crippen LogP contribution in [-0.2, 0) is 4.79 Å². The Bertz CT molecular complexity index is 847. The summed E-state index contributed by atoms with van der Waals surface area (Å²) in [7, 11) is 3.94. The van der Waals surface area contributed by atoms with E-state index in [-0.39, 0.29) is 5.91 Å². The number of rotatable bonds is 7. The standard InChI is InChI=1S/C22H28ClN5O/c1-28(2)20-13-14-24-22(27-20)26-18-10-7-16(8-11-18)15-25-21(29)12-9-17-5-3-4-6-19(17)23/h3-6,9,12-14,16,18H,7-8,10-11,15H2,1-2H3,(H,25,29)(H,24,26,27). The molecule has 0 aliphatic heterocycles. The Morgan fingerprint density at radius 2 is 1.97 bits per heavy atom. The number of halogens is 1. The van der Waals surface area contributed by atoms with Crippen LogP contribution in [0.2, 0.25) is 5.02 Å². The highest BCUT2D eigenvalue weighted by Gasteiger charge is 2.22. The number of hydrogen-bond acceptors (Lipinski definition) is 5. The Balaban J connectivity index is 1.40. The molecule has 0 bridgehead atoms. The molecule has 0 radical (unpaired) electrons. The second-order valence-corrected chi connectivity index (χ2v) is 8.00. The molecule has 6 nitrogen and oxygen atoms in total. The lowest BCUT2D eigenvalue weighted by Crippen LogP contribution is -2.33. The molecule has 154 valence electrons. The highest BCUT2D eigenvalue weighted by atomic mass is 35.5. The van der Waals surface area contributed by atoms with Crippen molar-refractivity contribution >= 4 is 35.4 Å². The summed E-state index contributed by atoms with van der Waals surface area (Å²) in [6, 6.07) is 9.74. The monoisotopic (exact) mass is 413 g/mol. The van der Waals surface area contributed by atoms with Crippen molar-refractivity contribution in [1.82, 2.24) is 15.3 Å². The number of aromatic nitrogens is 2. The number of anilines is 2. The Labute approximate surface area is 177 Å². The van der Waals surface area contributed by atoms with Crippen LogP contribution in [0, 0.1) is 5.92 Å². The largest absolute Gasteiger partial charge is 0.363 e. The topological polar surface area (TPSA) is 70.2 Å². The lowest BCUT2D eigenvalue weighted by molar-refractivity contribution is -0.116. The molecule has 2 N–H and O–H groups in total. The van der Waals surface area contributed by atoms with Gasteiger partial charge in [-0.1, -0.05) is 29.8 Å². The number of carbonyl (C=O) groups is 1. The summed E-state index contributed by atoms with van der Waals surface area (Å²) in [4.78, 5) is 22.9. The third-order valence-electron chi connectivity index (χ3n) is 5.16. The third kappa shape index (κ3) is 6.46. The number of hydrogen-bond donors (Lipinski definition) is 2. The molecule has 29 heavy (non-hydrogen) atoms. The van der Waals surface area contributed by atoms with E-state index in [1.165, 1.54) is 0 Å². The molecule has 0 spiro atoms. The molecule has 7 heteroatoms. The first-order valence-electron chi connectivity index (χ1n) is 9.98. The fraction of sp³-hybridized carbons (Fsp3) is 0.409. The van der Waals surface area contributed by atoms with Crippen LogP contribution in [0.3, 0.4) is 0 Å². The summed E-state index contributed by atoms with van der Waals surface area (Å²) in [5.74, 6) is 1.99. The molecule has 1 aliphatic carbocycles. The van der Waals surface area contributed by atoms with Crippen LogP contribution in [0.4, 0.5) is 11.8 Å². The van der Waals surface area contributed by atoms with Crippen molar-refractivity contribution in [3.05, 3.63) is 53.2 Å². The number of amides is 1. The van der Waals surface area contributed by atoms with Crippen molar-refractivity contribution in [2.45, 2.75) is 31.7 Å². The van der Waals surface area contributed by atoms with E-state index in [0.29, 0.717) is 29.5 Å². The van der Waals surface area contributed by atoms with Gasteiger partial charge in [0.1, 0.15) is 5.82 Å². The van der Waals surface area contributed by atoms with E-state index in [0.717, 1.165) is 37.1 Å². The minimum Gasteiger partial charge on any atom is -0.363 e. The minimum atomic E-state index is -0.0842. The number of benzene rings is 1. The maximum atomic E-state index is 12.1. The highest BCUT2D eigenvalue weighted by molar-refractivity contribution is 6.32. The van der Waals surface area contributed by atoms with E-state index in [2.05, 4.69) is 20.6 Å². The Morgan fingerprint density at radius 3 is 2.69 bits per heavy atom. The molecule has 1 amide bonds. The van der Waals surface area contributed by atoms with Crippen molar-refractivity contribution in [1.29, 1.82) is 0 Å². The van der Waals surface area contributed by atoms with Crippen LogP contribution in [0.25, 0.3) is 6.08 Å². The van der Waals surface area contributed by atoms with Gasteiger partial charge in [0.25, 0.3) is 0 Å². The van der Waals surface area contributed by atoms with Crippen LogP contribution in [0.15, 0.2) is 42.6 Å². The Hall–Kier alpha value is -2.60. The molecule has 1 heterocycles. The molecule has 0 atom stereocenters. The maximum absolute atomic E-state index is 12.1. The van der Waals surface area contributed by atoms with Gasteiger partial charge in [0.15, 0.2) is 0 Å². The zero-order valence-electron chi connectivity index (χ0n) is 16.9. The molecule has 1 aromatic carbocycles. The molecule has 1 aromatic heterocycles. The molecule has 0 unspecified atom stereocenters. The van der Waals surface area contributed by atoms with Crippen molar-refractivity contribution in [2.75, 3.05) is 30.9 Å². The summed E-state index contributed by atoms with van der Waals surface area (Å²) in [6.45, 7) is 0.699. The molecule has 3 rings (SSSR count). The zero-order chi connectivity index (χ0) is 20.6. The van der Waals surface area contributed by atoms with Crippen LogP contribution in [-0.4, -0.2) is 42.6 Å². The van der Waals surface area contributed by atoms with Gasteiger partial charge in [-0.3, -0.25) is 4.79 Å². The van der Waals surface area contributed by atoms with Gasteiger partial charge < -0.3 is 15.5 Å². The molecule has 1 fully saturated rings. The fourth-order valence-electron chi connectivity index (χ4n) is 3.44. The Morgan fingerprint density at radius 1 is 1.21 bits per heavy atom. The normalized spacial score (nSPS) is 19.1. The van der Waals surface area contributed by atoms with Crippen LogP contribution >= 0.6 is 11.6 Å². The Kier molecular flexibility index (Phi) is 7.47. The average Bonchev–Trinajstić information content (AvgIpc) is 2.73. The molecule has 0 saturated heterocycles. The lowest BCUT2D eigenvalue weighted by atomic mass is 9.86. The quantitative estimate of drug-likeness (QED) is 0.671. The van der Waals surface area contributed by atoms with Crippen molar-refractivity contribution < 1.29 is 4.79 Å². The smallest absolute Gasteiger partial charge is 0.244 e. The van der Waals surface area contributed by atoms with E-state index in [9.17, 15) is 4.79 Å². The van der Waals surface area contributed by atoms with Crippen LogP contribution in [0.5, 0.6) is 0 Å². The molecular weight excluding hydrogens is 386 g/mol. The molecule has 1 aliphatic rings. The first-order chi connectivity index (χ1) is 14.0. The first kappa shape index (κ1) is 21.1. The lowest BCUT2D eigenvalue weighted by Gasteiger charge is -2.29. The van der Waals surface area contributed by atoms with E-state index >= 15 is 0 Å². The SMILES string of the molecule is CN(C)c1ccnc(NC2CCC(CNC(=O)C=Cc3ccccc3Cl)CC2)n1. The summed E-state index contributed by atoms with van der Waals surface area (Å²) in [5, 5.41) is 7.09. The maximum Gasteiger partial charge on any atom is 0.244 e. The van der Waals surface area contributed by atoms with Gasteiger partial charge >= 0.3 is 0 Å². The van der Waals surface area contributed by atoms with Crippen LogP contribution in [0.1, 0.15) is 31.2 Å². The van der Waals surface area contributed by atoms with E-state index in [4.69, 9.17) is 11.6 Å². The first-order valence-corrected chi connectivity index (χ1v) is 10.4. The van der Waals surface area contributed by atoms with E-state index in [1.54, 1.807) is 18.3 Å². The second-order valence-electron chi connectivity index (χ2n) is 7.59. The van der Waals surface area contributed by atoms with Crippen molar-refractivity contribution in [3.63, 3.8) is 0 Å². The summed E-state index contributed by atoms with van der Waals surface area (Å²) < 4.78 is 0. The summed E-state index contributed by atoms with van der Waals surface area (Å²) >= 11 is 6.10. The summed E-state index contributed by atoms with van der Waals surface area (Å²) in [5.41, 5.74) is 0.844. The number of carbonyl (C=O) groups excluding carboxylic acids is 1. The number of nitrogens with one attached hydrogen (secondary N) is 2. The predicted octanol–water partition coefficient (Wildman–Crippen LogP) is 4.00. The van der Waals surface area contributed by atoms with Gasteiger partial charge in [-0.2, -0.15) is 4.98 Å². The van der Waals surface area contributed by atoms with Gasteiger partial charge in [0.2, 0.25) is 11.9 Å². The number of nitrogens with zero attached hydrogens (tertiary/aromatic N) is 3. The van der Waals surface area contributed by atoms with E-state index < -0.39 is 0 Å². The van der Waals surface area contributed by atoms with Crippen molar-refractivity contribution in [3.8, 4) is 0 Å². The predicted molar refractivity (Wildman–Crippen MR) is 119 cm³/mol. The minimum absolute atomic E-state index is 0.0842. The molecule has 2 aromatic rings. The van der Waals surface area contributed by atoms with Gasteiger partial charge in [-0.25, -0.2) is 4.98 Å². The zero-order valence-corrected chi connectivity index (χ0v) is 17.7. The van der Waals surface area contributed by atoms with Gasteiger partial charge in [-0.15, -0.1) is 0 Å². The average molecular weight is 414 g/mol. The molecular formula is C22H28ClN5O. The van der Waals surface area contributed by atoms with E-state index in [1.807, 2.05) is 49.3 Å². The second kappa shape index (κ2) is 10.3. The highest BCUT2D eigenvalue weighted by Crippen LogP contribution is 2.26. The van der Waals surface area contributed by atoms with Gasteiger partial charge in [0, 0.05) is 44.0 Å².